The number of nitrogens with one attached hydrogen (secondary N) is 1. The van der Waals surface area contributed by atoms with Crippen molar-refractivity contribution in [2.45, 2.75) is 63.5 Å². The van der Waals surface area contributed by atoms with E-state index in [1.54, 1.807) is 0 Å². The van der Waals surface area contributed by atoms with Crippen LogP contribution in [0.1, 0.15) is 51.9 Å². The van der Waals surface area contributed by atoms with E-state index < -0.39 is 5.60 Å². The summed E-state index contributed by atoms with van der Waals surface area (Å²) >= 11 is 0. The molecule has 2 unspecified atom stereocenters. The third-order valence-electron chi connectivity index (χ3n) is 4.41. The molecule has 1 aliphatic heterocycles. The summed E-state index contributed by atoms with van der Waals surface area (Å²) in [6.45, 7) is 3.24. The number of carbonyl (C=O) groups excluding carboxylic acids is 1. The molecule has 0 spiro atoms. The zero-order valence-electron chi connectivity index (χ0n) is 10.2. The maximum absolute atomic E-state index is 11.2. The minimum absolute atomic E-state index is 0.208. The number of carbonyl (C=O) groups is 1. The average Bonchev–Trinajstić information content (AvgIpc) is 2.33. The van der Waals surface area contributed by atoms with Gasteiger partial charge in [-0.3, -0.25) is 4.79 Å². The SMILES string of the molecule is CCC1CCNC(C2(O)CCC(=O)CC2)C1. The van der Waals surface area contributed by atoms with Crippen LogP contribution in [0.3, 0.4) is 0 Å². The Morgan fingerprint density at radius 2 is 2.12 bits per heavy atom. The fourth-order valence-electron chi connectivity index (χ4n) is 3.09. The van der Waals surface area contributed by atoms with Crippen LogP contribution in [0.25, 0.3) is 0 Å². The van der Waals surface area contributed by atoms with Gasteiger partial charge in [0.15, 0.2) is 0 Å². The van der Waals surface area contributed by atoms with Crippen molar-refractivity contribution in [3.8, 4) is 0 Å². The largest absolute Gasteiger partial charge is 0.388 e. The van der Waals surface area contributed by atoms with E-state index >= 15 is 0 Å². The van der Waals surface area contributed by atoms with Crippen molar-refractivity contribution in [2.75, 3.05) is 6.54 Å². The van der Waals surface area contributed by atoms with Gasteiger partial charge in [0.2, 0.25) is 0 Å². The molecule has 1 saturated heterocycles. The lowest BCUT2D eigenvalue weighted by Gasteiger charge is -2.43. The van der Waals surface area contributed by atoms with Crippen LogP contribution in [0.4, 0.5) is 0 Å². The lowest BCUT2D eigenvalue weighted by molar-refractivity contribution is -0.127. The molecule has 2 aliphatic rings. The van der Waals surface area contributed by atoms with Gasteiger partial charge in [-0.1, -0.05) is 13.3 Å². The predicted octanol–water partition coefficient (Wildman–Crippen LogP) is 1.64. The molecule has 3 nitrogen and oxygen atoms in total. The van der Waals surface area contributed by atoms with E-state index in [-0.39, 0.29) is 6.04 Å². The summed E-state index contributed by atoms with van der Waals surface area (Å²) in [5.41, 5.74) is -0.623. The Labute approximate surface area is 97.6 Å². The summed E-state index contributed by atoms with van der Waals surface area (Å²) in [6.07, 6.45) is 5.92. The minimum Gasteiger partial charge on any atom is -0.388 e. The molecule has 1 aliphatic carbocycles. The Bertz CT molecular complexity index is 255. The van der Waals surface area contributed by atoms with Crippen LogP contribution in [0.15, 0.2) is 0 Å². The smallest absolute Gasteiger partial charge is 0.133 e. The second-order valence-electron chi connectivity index (χ2n) is 5.45. The van der Waals surface area contributed by atoms with E-state index in [1.165, 1.54) is 12.8 Å². The standard InChI is InChI=1S/C13H23NO2/c1-2-10-5-8-14-12(9-10)13(16)6-3-11(15)4-7-13/h10,12,14,16H,2-9H2,1H3. The molecule has 16 heavy (non-hydrogen) atoms. The molecule has 2 N–H and O–H groups in total. The first-order valence-electron chi connectivity index (χ1n) is 6.61. The highest BCUT2D eigenvalue weighted by atomic mass is 16.3. The van der Waals surface area contributed by atoms with E-state index in [4.69, 9.17) is 0 Å². The molecule has 0 radical (unpaired) electrons. The van der Waals surface area contributed by atoms with Crippen molar-refractivity contribution in [3.63, 3.8) is 0 Å². The van der Waals surface area contributed by atoms with Gasteiger partial charge in [0.25, 0.3) is 0 Å². The van der Waals surface area contributed by atoms with Crippen molar-refractivity contribution in [1.29, 1.82) is 0 Å². The number of rotatable bonds is 2. The van der Waals surface area contributed by atoms with Crippen LogP contribution < -0.4 is 5.32 Å². The zero-order chi connectivity index (χ0) is 11.6. The van der Waals surface area contributed by atoms with Gasteiger partial charge < -0.3 is 10.4 Å². The second kappa shape index (κ2) is 4.84. The molecule has 2 atom stereocenters. The summed E-state index contributed by atoms with van der Waals surface area (Å²) in [5.74, 6) is 1.06. The van der Waals surface area contributed by atoms with Crippen LogP contribution in [0, 0.1) is 5.92 Å². The highest BCUT2D eigenvalue weighted by Gasteiger charge is 2.41. The van der Waals surface area contributed by atoms with Gasteiger partial charge in [-0.15, -0.1) is 0 Å². The van der Waals surface area contributed by atoms with Crippen molar-refractivity contribution < 1.29 is 9.90 Å². The Morgan fingerprint density at radius 3 is 2.75 bits per heavy atom. The number of piperidine rings is 1. The molecule has 2 fully saturated rings. The number of aliphatic hydroxyl groups is 1. The van der Waals surface area contributed by atoms with Gasteiger partial charge in [0.05, 0.1) is 5.60 Å². The molecule has 0 bridgehead atoms. The number of Topliss-reactive ketones (excluding diaryl/α,β-unsaturated/α-hetero) is 1. The van der Waals surface area contributed by atoms with Crippen LogP contribution in [-0.4, -0.2) is 29.1 Å². The zero-order valence-corrected chi connectivity index (χ0v) is 10.2. The minimum atomic E-state index is -0.623. The molecule has 1 saturated carbocycles. The molecule has 92 valence electrons. The van der Waals surface area contributed by atoms with Crippen molar-refractivity contribution in [1.82, 2.24) is 5.32 Å². The van der Waals surface area contributed by atoms with Gasteiger partial charge in [-0.2, -0.15) is 0 Å². The van der Waals surface area contributed by atoms with Crippen LogP contribution in [-0.2, 0) is 4.79 Å². The average molecular weight is 225 g/mol. The molecule has 0 aromatic heterocycles. The fourth-order valence-corrected chi connectivity index (χ4v) is 3.09. The number of hydrogen-bond acceptors (Lipinski definition) is 3. The first kappa shape index (κ1) is 12.1. The highest BCUT2D eigenvalue weighted by Crippen LogP contribution is 2.34. The van der Waals surface area contributed by atoms with Crippen LogP contribution >= 0.6 is 0 Å². The Hall–Kier alpha value is -0.410. The quantitative estimate of drug-likeness (QED) is 0.751. The summed E-state index contributed by atoms with van der Waals surface area (Å²) in [4.78, 5) is 11.2. The first-order chi connectivity index (χ1) is 7.64. The molecular weight excluding hydrogens is 202 g/mol. The number of ketones is 1. The molecular formula is C13H23NO2. The Kier molecular flexibility index (Phi) is 3.65. The molecule has 0 amide bonds. The summed E-state index contributed by atoms with van der Waals surface area (Å²) in [5, 5.41) is 14.1. The van der Waals surface area contributed by atoms with Crippen LogP contribution in [0.2, 0.25) is 0 Å². The third kappa shape index (κ3) is 2.46. The van der Waals surface area contributed by atoms with E-state index in [1.807, 2.05) is 0 Å². The normalized spacial score (nSPS) is 35.0. The Balaban J connectivity index is 1.97. The molecule has 0 aromatic carbocycles. The third-order valence-corrected chi connectivity index (χ3v) is 4.41. The predicted molar refractivity (Wildman–Crippen MR) is 63.2 cm³/mol. The first-order valence-corrected chi connectivity index (χ1v) is 6.61. The van der Waals surface area contributed by atoms with Crippen LogP contribution in [0.5, 0.6) is 0 Å². The molecule has 0 aromatic rings. The van der Waals surface area contributed by atoms with E-state index in [9.17, 15) is 9.90 Å². The van der Waals surface area contributed by atoms with Gasteiger partial charge in [0, 0.05) is 18.9 Å². The van der Waals surface area contributed by atoms with E-state index in [0.717, 1.165) is 18.9 Å². The number of hydrogen-bond donors (Lipinski definition) is 2. The Morgan fingerprint density at radius 1 is 1.44 bits per heavy atom. The van der Waals surface area contributed by atoms with E-state index in [2.05, 4.69) is 12.2 Å². The van der Waals surface area contributed by atoms with Gasteiger partial charge >= 0.3 is 0 Å². The topological polar surface area (TPSA) is 49.3 Å². The maximum Gasteiger partial charge on any atom is 0.133 e. The van der Waals surface area contributed by atoms with Gasteiger partial charge in [-0.25, -0.2) is 0 Å². The van der Waals surface area contributed by atoms with E-state index in [0.29, 0.717) is 31.5 Å². The summed E-state index contributed by atoms with van der Waals surface area (Å²) < 4.78 is 0. The second-order valence-corrected chi connectivity index (χ2v) is 5.45. The molecule has 2 rings (SSSR count). The summed E-state index contributed by atoms with van der Waals surface area (Å²) in [6, 6.07) is 0.208. The molecule has 1 heterocycles. The van der Waals surface area contributed by atoms with Crippen molar-refractivity contribution in [3.05, 3.63) is 0 Å². The maximum atomic E-state index is 11.2. The van der Waals surface area contributed by atoms with Crippen molar-refractivity contribution >= 4 is 5.78 Å². The highest BCUT2D eigenvalue weighted by molar-refractivity contribution is 5.79. The monoisotopic (exact) mass is 225 g/mol. The lowest BCUT2D eigenvalue weighted by atomic mass is 9.74. The lowest BCUT2D eigenvalue weighted by Crippen LogP contribution is -2.55. The fraction of sp³-hybridized carbons (Fsp3) is 0.923. The van der Waals surface area contributed by atoms with Gasteiger partial charge in [-0.05, 0) is 38.1 Å². The van der Waals surface area contributed by atoms with Crippen molar-refractivity contribution in [2.24, 2.45) is 5.92 Å². The summed E-state index contributed by atoms with van der Waals surface area (Å²) in [7, 11) is 0. The van der Waals surface area contributed by atoms with Gasteiger partial charge in [0.1, 0.15) is 5.78 Å². The molecule has 3 heteroatoms.